The molecule has 100 valence electrons. The Morgan fingerprint density at radius 2 is 2.11 bits per heavy atom. The fourth-order valence-electron chi connectivity index (χ4n) is 2.19. The molecule has 0 aliphatic heterocycles. The van der Waals surface area contributed by atoms with Gasteiger partial charge in [-0.05, 0) is 42.5 Å². The molecule has 0 spiro atoms. The topological polar surface area (TPSA) is 49.4 Å². The molecular weight excluding hydrogens is 255 g/mol. The van der Waals surface area contributed by atoms with E-state index >= 15 is 0 Å². The molecule has 0 saturated carbocycles. The first-order chi connectivity index (χ1) is 8.40. The highest BCUT2D eigenvalue weighted by Gasteiger charge is 2.25. The lowest BCUT2D eigenvalue weighted by Gasteiger charge is -2.27. The first kappa shape index (κ1) is 13.5. The van der Waals surface area contributed by atoms with Crippen molar-refractivity contribution in [2.45, 2.75) is 25.3 Å². The van der Waals surface area contributed by atoms with Crippen molar-refractivity contribution in [3.63, 3.8) is 0 Å². The lowest BCUT2D eigenvalue weighted by Crippen LogP contribution is -2.39. The van der Waals surface area contributed by atoms with E-state index < -0.39 is 10.2 Å². The number of rotatable bonds is 3. The molecule has 1 aromatic rings. The van der Waals surface area contributed by atoms with E-state index in [-0.39, 0.29) is 11.9 Å². The average Bonchev–Trinajstić information content (AvgIpc) is 2.28. The highest BCUT2D eigenvalue weighted by Crippen LogP contribution is 2.30. The normalized spacial score (nSPS) is 19.9. The van der Waals surface area contributed by atoms with Gasteiger partial charge in [0.15, 0.2) is 0 Å². The van der Waals surface area contributed by atoms with Gasteiger partial charge in [-0.1, -0.05) is 6.07 Å². The monoisotopic (exact) mass is 272 g/mol. The van der Waals surface area contributed by atoms with Gasteiger partial charge in [0.1, 0.15) is 5.82 Å². The van der Waals surface area contributed by atoms with E-state index in [4.69, 9.17) is 0 Å². The summed E-state index contributed by atoms with van der Waals surface area (Å²) in [4.78, 5) is 0. The van der Waals surface area contributed by atoms with E-state index in [1.54, 1.807) is 6.07 Å². The number of hydrogen-bond acceptors (Lipinski definition) is 2. The molecule has 0 saturated heterocycles. The second-order valence-electron chi connectivity index (χ2n) is 4.69. The van der Waals surface area contributed by atoms with Crippen molar-refractivity contribution in [2.75, 3.05) is 14.1 Å². The Balaban J connectivity index is 2.29. The van der Waals surface area contributed by atoms with Crippen LogP contribution in [0.5, 0.6) is 0 Å². The van der Waals surface area contributed by atoms with Crippen LogP contribution < -0.4 is 4.72 Å². The SMILES string of the molecule is CN(C)S(=O)(=O)NC1CCCc2cc(F)ccc21. The third-order valence-electron chi connectivity index (χ3n) is 3.19. The van der Waals surface area contributed by atoms with Gasteiger partial charge in [-0.2, -0.15) is 17.4 Å². The summed E-state index contributed by atoms with van der Waals surface area (Å²) in [5, 5.41) is 0. The molecule has 1 unspecified atom stereocenters. The molecule has 0 bridgehead atoms. The van der Waals surface area contributed by atoms with Crippen LogP contribution in [0.3, 0.4) is 0 Å². The zero-order chi connectivity index (χ0) is 13.3. The summed E-state index contributed by atoms with van der Waals surface area (Å²) in [6.07, 6.45) is 2.40. The Morgan fingerprint density at radius 3 is 2.78 bits per heavy atom. The van der Waals surface area contributed by atoms with E-state index in [0.717, 1.165) is 34.7 Å². The Hall–Kier alpha value is -0.980. The van der Waals surface area contributed by atoms with Crippen LogP contribution >= 0.6 is 0 Å². The van der Waals surface area contributed by atoms with Gasteiger partial charge in [-0.25, -0.2) is 4.39 Å². The smallest absolute Gasteiger partial charge is 0.207 e. The fourth-order valence-corrected chi connectivity index (χ4v) is 3.01. The molecule has 18 heavy (non-hydrogen) atoms. The average molecular weight is 272 g/mol. The molecule has 2 rings (SSSR count). The molecule has 0 radical (unpaired) electrons. The molecule has 0 amide bonds. The van der Waals surface area contributed by atoms with Crippen molar-refractivity contribution < 1.29 is 12.8 Å². The Bertz CT molecular complexity index is 543. The zero-order valence-electron chi connectivity index (χ0n) is 10.5. The van der Waals surface area contributed by atoms with Crippen LogP contribution in [-0.4, -0.2) is 26.8 Å². The number of aryl methyl sites for hydroxylation is 1. The fraction of sp³-hybridized carbons (Fsp3) is 0.500. The minimum absolute atomic E-state index is 0.262. The van der Waals surface area contributed by atoms with Gasteiger partial charge >= 0.3 is 0 Å². The second kappa shape index (κ2) is 4.95. The molecule has 1 N–H and O–H groups in total. The first-order valence-corrected chi connectivity index (χ1v) is 7.32. The van der Waals surface area contributed by atoms with Crippen LogP contribution in [0.1, 0.15) is 30.0 Å². The molecular formula is C12H17FN2O2S. The maximum Gasteiger partial charge on any atom is 0.279 e. The third kappa shape index (κ3) is 2.71. The third-order valence-corrected chi connectivity index (χ3v) is 4.74. The summed E-state index contributed by atoms with van der Waals surface area (Å²) in [7, 11) is -0.495. The van der Waals surface area contributed by atoms with E-state index in [1.807, 2.05) is 0 Å². The van der Waals surface area contributed by atoms with E-state index in [9.17, 15) is 12.8 Å². The maximum absolute atomic E-state index is 13.1. The predicted molar refractivity (Wildman–Crippen MR) is 67.8 cm³/mol. The Morgan fingerprint density at radius 1 is 1.39 bits per heavy atom. The highest BCUT2D eigenvalue weighted by molar-refractivity contribution is 7.87. The lowest BCUT2D eigenvalue weighted by atomic mass is 9.88. The largest absolute Gasteiger partial charge is 0.279 e. The van der Waals surface area contributed by atoms with Crippen LogP contribution in [0, 0.1) is 5.82 Å². The number of nitrogens with zero attached hydrogens (tertiary/aromatic N) is 1. The number of fused-ring (bicyclic) bond motifs is 1. The molecule has 1 atom stereocenters. The summed E-state index contributed by atoms with van der Waals surface area (Å²) in [6.45, 7) is 0. The zero-order valence-corrected chi connectivity index (χ0v) is 11.3. The molecule has 1 aliphatic rings. The molecule has 1 aromatic carbocycles. The number of hydrogen-bond donors (Lipinski definition) is 1. The van der Waals surface area contributed by atoms with Crippen LogP contribution in [0.2, 0.25) is 0 Å². The van der Waals surface area contributed by atoms with E-state index in [2.05, 4.69) is 4.72 Å². The van der Waals surface area contributed by atoms with Gasteiger partial charge in [0.05, 0.1) is 0 Å². The molecule has 4 nitrogen and oxygen atoms in total. The van der Waals surface area contributed by atoms with Crippen LogP contribution in [0.15, 0.2) is 18.2 Å². The molecule has 6 heteroatoms. The van der Waals surface area contributed by atoms with Gasteiger partial charge in [-0.3, -0.25) is 0 Å². The molecule has 0 aromatic heterocycles. The van der Waals surface area contributed by atoms with Gasteiger partial charge in [0.2, 0.25) is 0 Å². The van der Waals surface area contributed by atoms with Crippen molar-refractivity contribution >= 4 is 10.2 Å². The van der Waals surface area contributed by atoms with Crippen molar-refractivity contribution in [1.82, 2.24) is 9.03 Å². The summed E-state index contributed by atoms with van der Waals surface area (Å²) in [5.41, 5.74) is 1.78. The summed E-state index contributed by atoms with van der Waals surface area (Å²) in [6, 6.07) is 4.28. The predicted octanol–water partition coefficient (Wildman–Crippen LogP) is 1.60. The number of benzene rings is 1. The van der Waals surface area contributed by atoms with Gasteiger partial charge in [0, 0.05) is 20.1 Å². The standard InChI is InChI=1S/C12H17FN2O2S/c1-15(2)18(16,17)14-12-5-3-4-9-8-10(13)6-7-11(9)12/h6-8,12,14H,3-5H2,1-2H3. The lowest BCUT2D eigenvalue weighted by molar-refractivity contribution is 0.465. The quantitative estimate of drug-likeness (QED) is 0.908. The Kier molecular flexibility index (Phi) is 3.70. The second-order valence-corrected chi connectivity index (χ2v) is 6.61. The van der Waals surface area contributed by atoms with Gasteiger partial charge in [-0.15, -0.1) is 0 Å². The first-order valence-electron chi connectivity index (χ1n) is 5.88. The van der Waals surface area contributed by atoms with Crippen molar-refractivity contribution in [2.24, 2.45) is 0 Å². The highest BCUT2D eigenvalue weighted by atomic mass is 32.2. The summed E-state index contributed by atoms with van der Waals surface area (Å²) >= 11 is 0. The summed E-state index contributed by atoms with van der Waals surface area (Å²) in [5.74, 6) is -0.273. The van der Waals surface area contributed by atoms with Gasteiger partial charge in [0.25, 0.3) is 10.2 Å². The van der Waals surface area contributed by atoms with Crippen molar-refractivity contribution in [3.05, 3.63) is 35.1 Å². The van der Waals surface area contributed by atoms with Crippen LogP contribution in [0.4, 0.5) is 4.39 Å². The molecule has 0 fully saturated rings. The maximum atomic E-state index is 13.1. The minimum Gasteiger partial charge on any atom is -0.207 e. The van der Waals surface area contributed by atoms with Gasteiger partial charge < -0.3 is 0 Å². The van der Waals surface area contributed by atoms with Crippen LogP contribution in [-0.2, 0) is 16.6 Å². The Labute approximate surface area is 107 Å². The summed E-state index contributed by atoms with van der Waals surface area (Å²) < 4.78 is 40.6. The minimum atomic E-state index is -3.46. The van der Waals surface area contributed by atoms with E-state index in [1.165, 1.54) is 26.2 Å². The van der Waals surface area contributed by atoms with E-state index in [0.29, 0.717) is 0 Å². The number of nitrogens with one attached hydrogen (secondary N) is 1. The van der Waals surface area contributed by atoms with Crippen molar-refractivity contribution in [1.29, 1.82) is 0 Å². The number of halogens is 1. The molecule has 1 aliphatic carbocycles. The van der Waals surface area contributed by atoms with Crippen LogP contribution in [0.25, 0.3) is 0 Å². The molecule has 0 heterocycles. The van der Waals surface area contributed by atoms with Crippen molar-refractivity contribution in [3.8, 4) is 0 Å².